The normalized spacial score (nSPS) is 21.9. The second kappa shape index (κ2) is 4.39. The third-order valence-corrected chi connectivity index (χ3v) is 4.01. The predicted octanol–water partition coefficient (Wildman–Crippen LogP) is 2.34. The lowest BCUT2D eigenvalue weighted by molar-refractivity contribution is -0.117. The molecule has 1 aliphatic heterocycles. The number of halogens is 5. The Bertz CT molecular complexity index is 537. The van der Waals surface area contributed by atoms with Gasteiger partial charge in [0.1, 0.15) is 0 Å². The molecule has 1 aromatic carbocycles. The van der Waals surface area contributed by atoms with Gasteiger partial charge in [-0.1, -0.05) is 0 Å². The van der Waals surface area contributed by atoms with Gasteiger partial charge in [0.05, 0.1) is 5.60 Å². The Hall–Kier alpha value is -1.21. The van der Waals surface area contributed by atoms with Crippen LogP contribution in [0.3, 0.4) is 0 Å². The summed E-state index contributed by atoms with van der Waals surface area (Å²) >= 11 is 0. The lowest BCUT2D eigenvalue weighted by atomic mass is 9.88. The Labute approximate surface area is 111 Å². The Morgan fingerprint density at radius 3 is 1.80 bits per heavy atom. The van der Waals surface area contributed by atoms with Crippen LogP contribution in [0.4, 0.5) is 22.0 Å². The maximum atomic E-state index is 13.5. The molecule has 7 heteroatoms. The molecule has 0 unspecified atom stereocenters. The van der Waals surface area contributed by atoms with Gasteiger partial charge in [-0.25, -0.2) is 22.0 Å². The van der Waals surface area contributed by atoms with Gasteiger partial charge in [0.25, 0.3) is 0 Å². The van der Waals surface area contributed by atoms with Gasteiger partial charge in [0, 0.05) is 25.2 Å². The number of β-amino-alcohol motifs (C(OH)–C–C–N with tert-alkyl or cyclic N) is 1. The van der Waals surface area contributed by atoms with E-state index in [-0.39, 0.29) is 19.0 Å². The maximum Gasteiger partial charge on any atom is 0.200 e. The topological polar surface area (TPSA) is 23.5 Å². The van der Waals surface area contributed by atoms with E-state index in [1.807, 2.05) is 0 Å². The molecule has 1 heterocycles. The van der Waals surface area contributed by atoms with Crippen LogP contribution in [-0.2, 0) is 6.54 Å². The Balaban J connectivity index is 1.79. The number of benzene rings is 1. The number of aliphatic hydroxyl groups is 1. The van der Waals surface area contributed by atoms with Gasteiger partial charge >= 0.3 is 0 Å². The Morgan fingerprint density at radius 1 is 0.900 bits per heavy atom. The molecule has 1 saturated carbocycles. The first kappa shape index (κ1) is 13.8. The van der Waals surface area contributed by atoms with Crippen molar-refractivity contribution in [2.24, 2.45) is 5.92 Å². The van der Waals surface area contributed by atoms with Crippen LogP contribution in [-0.4, -0.2) is 28.7 Å². The molecule has 0 radical (unpaired) electrons. The minimum atomic E-state index is -2.15. The van der Waals surface area contributed by atoms with Crippen LogP contribution in [0.1, 0.15) is 18.4 Å². The number of hydrogen-bond donors (Lipinski definition) is 1. The zero-order valence-corrected chi connectivity index (χ0v) is 10.4. The summed E-state index contributed by atoms with van der Waals surface area (Å²) in [6.07, 6.45) is 1.82. The quantitative estimate of drug-likeness (QED) is 0.525. The van der Waals surface area contributed by atoms with Gasteiger partial charge in [-0.15, -0.1) is 0 Å². The molecular weight excluding hydrogens is 281 g/mol. The second-order valence-electron chi connectivity index (χ2n) is 5.57. The van der Waals surface area contributed by atoms with Crippen molar-refractivity contribution in [3.05, 3.63) is 34.6 Å². The van der Waals surface area contributed by atoms with E-state index in [1.54, 1.807) is 0 Å². The highest BCUT2D eigenvalue weighted by atomic mass is 19.2. The summed E-state index contributed by atoms with van der Waals surface area (Å²) < 4.78 is 65.9. The van der Waals surface area contributed by atoms with E-state index in [9.17, 15) is 27.1 Å². The molecule has 1 aliphatic carbocycles. The summed E-state index contributed by atoms with van der Waals surface area (Å²) in [7, 11) is 0. The van der Waals surface area contributed by atoms with Crippen LogP contribution in [0.25, 0.3) is 0 Å². The monoisotopic (exact) mass is 293 g/mol. The maximum absolute atomic E-state index is 13.5. The minimum absolute atomic E-state index is 0.190. The highest BCUT2D eigenvalue weighted by molar-refractivity contribution is 5.24. The van der Waals surface area contributed by atoms with Gasteiger partial charge in [-0.3, -0.25) is 4.90 Å². The third kappa shape index (κ3) is 2.00. The predicted molar refractivity (Wildman–Crippen MR) is 59.2 cm³/mol. The molecule has 0 atom stereocenters. The van der Waals surface area contributed by atoms with Crippen molar-refractivity contribution >= 4 is 0 Å². The fourth-order valence-electron chi connectivity index (χ4n) is 2.73. The van der Waals surface area contributed by atoms with E-state index in [4.69, 9.17) is 0 Å². The summed E-state index contributed by atoms with van der Waals surface area (Å²) in [5.74, 6) is -9.43. The summed E-state index contributed by atoms with van der Waals surface area (Å²) in [4.78, 5) is 1.47. The first-order valence-electron chi connectivity index (χ1n) is 6.28. The van der Waals surface area contributed by atoms with Crippen LogP contribution in [0.15, 0.2) is 0 Å². The van der Waals surface area contributed by atoms with Crippen molar-refractivity contribution < 1.29 is 27.1 Å². The fraction of sp³-hybridized carbons (Fsp3) is 0.538. The molecule has 2 nitrogen and oxygen atoms in total. The standard InChI is InChI=1S/C13H12F5NO/c14-8-7(9(15)11(17)12(18)10(8)16)3-19-4-13(20,5-19)6-1-2-6/h6,20H,1-5H2. The molecule has 2 fully saturated rings. The lowest BCUT2D eigenvalue weighted by Gasteiger charge is -2.47. The number of hydrogen-bond acceptors (Lipinski definition) is 2. The molecule has 1 N–H and O–H groups in total. The largest absolute Gasteiger partial charge is 0.387 e. The zero-order chi connectivity index (χ0) is 14.7. The highest BCUT2D eigenvalue weighted by Gasteiger charge is 2.51. The molecule has 0 spiro atoms. The second-order valence-corrected chi connectivity index (χ2v) is 5.57. The molecule has 20 heavy (non-hydrogen) atoms. The number of likely N-dealkylation sites (tertiary alicyclic amines) is 1. The van der Waals surface area contributed by atoms with Crippen LogP contribution in [0, 0.1) is 35.0 Å². The van der Waals surface area contributed by atoms with Crippen LogP contribution in [0.2, 0.25) is 0 Å². The highest BCUT2D eigenvalue weighted by Crippen LogP contribution is 2.45. The van der Waals surface area contributed by atoms with Gasteiger partial charge in [-0.05, 0) is 18.8 Å². The molecule has 1 aromatic rings. The average Bonchev–Trinajstić information content (AvgIpc) is 3.21. The molecule has 3 rings (SSSR count). The summed E-state index contributed by atoms with van der Waals surface area (Å²) in [6, 6.07) is 0. The SMILES string of the molecule is OC1(C2CC2)CN(Cc2c(F)c(F)c(F)c(F)c2F)C1. The first-order valence-corrected chi connectivity index (χ1v) is 6.28. The average molecular weight is 293 g/mol. The van der Waals surface area contributed by atoms with Crippen molar-refractivity contribution in [2.45, 2.75) is 25.0 Å². The van der Waals surface area contributed by atoms with Crippen molar-refractivity contribution in [1.29, 1.82) is 0 Å². The van der Waals surface area contributed by atoms with E-state index in [0.29, 0.717) is 0 Å². The third-order valence-electron chi connectivity index (χ3n) is 4.01. The molecule has 1 saturated heterocycles. The molecular formula is C13H12F5NO. The molecule has 0 bridgehead atoms. The first-order chi connectivity index (χ1) is 9.33. The van der Waals surface area contributed by atoms with E-state index in [2.05, 4.69) is 0 Å². The van der Waals surface area contributed by atoms with Gasteiger partial charge in [0.15, 0.2) is 23.3 Å². The minimum Gasteiger partial charge on any atom is -0.387 e. The molecule has 110 valence electrons. The molecule has 0 amide bonds. The van der Waals surface area contributed by atoms with Crippen LogP contribution < -0.4 is 0 Å². The van der Waals surface area contributed by atoms with Crippen molar-refractivity contribution in [3.63, 3.8) is 0 Å². The fourth-order valence-corrected chi connectivity index (χ4v) is 2.73. The summed E-state index contributed by atoms with van der Waals surface area (Å²) in [5, 5.41) is 10.1. The zero-order valence-electron chi connectivity index (χ0n) is 10.4. The summed E-state index contributed by atoms with van der Waals surface area (Å²) in [5.41, 5.74) is -1.72. The lowest BCUT2D eigenvalue weighted by Crippen LogP contribution is -2.62. The molecule has 0 aromatic heterocycles. The van der Waals surface area contributed by atoms with Crippen LogP contribution >= 0.6 is 0 Å². The Morgan fingerprint density at radius 2 is 1.35 bits per heavy atom. The van der Waals surface area contributed by atoms with Crippen LogP contribution in [0.5, 0.6) is 0 Å². The summed E-state index contributed by atoms with van der Waals surface area (Å²) in [6.45, 7) is -0.0187. The number of rotatable bonds is 3. The van der Waals surface area contributed by atoms with Gasteiger partial charge in [0.2, 0.25) is 5.82 Å². The van der Waals surface area contributed by atoms with Crippen molar-refractivity contribution in [1.82, 2.24) is 4.90 Å². The van der Waals surface area contributed by atoms with E-state index in [1.165, 1.54) is 4.90 Å². The Kier molecular flexibility index (Phi) is 3.02. The number of nitrogens with zero attached hydrogens (tertiary/aromatic N) is 1. The van der Waals surface area contributed by atoms with Crippen molar-refractivity contribution in [3.8, 4) is 0 Å². The van der Waals surface area contributed by atoms with E-state index in [0.717, 1.165) is 12.8 Å². The smallest absolute Gasteiger partial charge is 0.200 e. The molecule has 2 aliphatic rings. The van der Waals surface area contributed by atoms with E-state index < -0.39 is 46.8 Å². The van der Waals surface area contributed by atoms with E-state index >= 15 is 0 Å². The van der Waals surface area contributed by atoms with Crippen molar-refractivity contribution in [2.75, 3.05) is 13.1 Å². The van der Waals surface area contributed by atoms with Gasteiger partial charge < -0.3 is 5.11 Å². The van der Waals surface area contributed by atoms with Gasteiger partial charge in [-0.2, -0.15) is 0 Å².